The van der Waals surface area contributed by atoms with E-state index >= 15 is 0 Å². The molecule has 180 valence electrons. The van der Waals surface area contributed by atoms with E-state index in [9.17, 15) is 8.78 Å². The minimum atomic E-state index is -2.87. The maximum atomic E-state index is 12.6. The zero-order valence-corrected chi connectivity index (χ0v) is 19.0. The summed E-state index contributed by atoms with van der Waals surface area (Å²) >= 11 is 0. The number of nitrogens with one attached hydrogen (secondary N) is 1. The van der Waals surface area contributed by atoms with Gasteiger partial charge in [0.15, 0.2) is 11.5 Å². The molecule has 0 spiro atoms. The van der Waals surface area contributed by atoms with Crippen molar-refractivity contribution in [1.82, 2.24) is 9.88 Å². The average Bonchev–Trinajstić information content (AvgIpc) is 2.83. The Bertz CT molecular complexity index is 871. The number of hydrogen-bond acceptors (Lipinski definition) is 7. The Morgan fingerprint density at radius 2 is 1.88 bits per heavy atom. The maximum Gasteiger partial charge on any atom is 0.387 e. The molecular formula is C24H32F2N4O3. The van der Waals surface area contributed by atoms with Crippen LogP contribution < -0.4 is 19.7 Å². The van der Waals surface area contributed by atoms with Gasteiger partial charge in [-0.1, -0.05) is 6.07 Å². The fourth-order valence-corrected chi connectivity index (χ4v) is 4.29. The van der Waals surface area contributed by atoms with E-state index in [0.717, 1.165) is 75.8 Å². The third-order valence-corrected chi connectivity index (χ3v) is 5.97. The van der Waals surface area contributed by atoms with Crippen LogP contribution in [0.5, 0.6) is 11.5 Å². The van der Waals surface area contributed by atoms with Gasteiger partial charge in [-0.15, -0.1) is 0 Å². The SMILES string of the molecule is CCOc1cc(CN2CCC(Nc3ccc(N4CCOCC4)nc3)CC2)ccc1OC(F)F. The number of morpholine rings is 1. The van der Waals surface area contributed by atoms with Crippen molar-refractivity contribution in [3.63, 3.8) is 0 Å². The number of pyridine rings is 1. The highest BCUT2D eigenvalue weighted by molar-refractivity contribution is 5.49. The van der Waals surface area contributed by atoms with Gasteiger partial charge < -0.3 is 24.4 Å². The van der Waals surface area contributed by atoms with Gasteiger partial charge in [0.1, 0.15) is 5.82 Å². The molecule has 2 saturated heterocycles. The first kappa shape index (κ1) is 23.5. The first-order valence-electron chi connectivity index (χ1n) is 11.6. The van der Waals surface area contributed by atoms with E-state index in [2.05, 4.69) is 37.0 Å². The molecule has 0 aliphatic carbocycles. The zero-order chi connectivity index (χ0) is 23.0. The molecular weight excluding hydrogens is 430 g/mol. The Morgan fingerprint density at radius 1 is 1.09 bits per heavy atom. The van der Waals surface area contributed by atoms with Crippen LogP contribution in [0.25, 0.3) is 0 Å². The van der Waals surface area contributed by atoms with E-state index < -0.39 is 6.61 Å². The summed E-state index contributed by atoms with van der Waals surface area (Å²) in [4.78, 5) is 9.23. The number of alkyl halides is 2. The molecule has 33 heavy (non-hydrogen) atoms. The standard InChI is InChI=1S/C24H32F2N4O3/c1-2-32-22-15-18(3-5-21(22)33-24(25)26)17-29-9-7-19(8-10-29)28-20-4-6-23(27-16-20)30-11-13-31-14-12-30/h3-6,15-16,19,24,28H,2,7-14,17H2,1H3. The van der Waals surface area contributed by atoms with Crippen LogP contribution in [-0.4, -0.2) is 68.5 Å². The molecule has 0 unspecified atom stereocenters. The van der Waals surface area contributed by atoms with Gasteiger partial charge in [-0.2, -0.15) is 8.78 Å². The Labute approximate surface area is 193 Å². The fraction of sp³-hybridized carbons (Fsp3) is 0.542. The van der Waals surface area contributed by atoms with Gasteiger partial charge in [0.05, 0.1) is 31.7 Å². The third kappa shape index (κ3) is 6.68. The lowest BCUT2D eigenvalue weighted by molar-refractivity contribution is -0.0514. The average molecular weight is 463 g/mol. The van der Waals surface area contributed by atoms with Crippen LogP contribution in [-0.2, 0) is 11.3 Å². The number of piperidine rings is 1. The van der Waals surface area contributed by atoms with Crippen molar-refractivity contribution in [1.29, 1.82) is 0 Å². The van der Waals surface area contributed by atoms with Crippen molar-refractivity contribution in [3.05, 3.63) is 42.1 Å². The van der Waals surface area contributed by atoms with Crippen LogP contribution in [0.1, 0.15) is 25.3 Å². The Balaban J connectivity index is 1.26. The highest BCUT2D eigenvalue weighted by atomic mass is 19.3. The second kappa shape index (κ2) is 11.5. The molecule has 1 aromatic heterocycles. The second-order valence-corrected chi connectivity index (χ2v) is 8.29. The van der Waals surface area contributed by atoms with Crippen LogP contribution in [0.3, 0.4) is 0 Å². The van der Waals surface area contributed by atoms with Gasteiger partial charge >= 0.3 is 6.61 Å². The molecule has 7 nitrogen and oxygen atoms in total. The molecule has 0 bridgehead atoms. The third-order valence-electron chi connectivity index (χ3n) is 5.97. The van der Waals surface area contributed by atoms with E-state index in [4.69, 9.17) is 9.47 Å². The van der Waals surface area contributed by atoms with Crippen molar-refractivity contribution in [2.45, 2.75) is 39.0 Å². The monoisotopic (exact) mass is 462 g/mol. The Kier molecular flexibility index (Phi) is 8.17. The van der Waals surface area contributed by atoms with Gasteiger partial charge in [-0.05, 0) is 49.6 Å². The summed E-state index contributed by atoms with van der Waals surface area (Å²) < 4.78 is 40.7. The fourth-order valence-electron chi connectivity index (χ4n) is 4.29. The number of rotatable bonds is 9. The highest BCUT2D eigenvalue weighted by Crippen LogP contribution is 2.31. The molecule has 2 aromatic rings. The smallest absolute Gasteiger partial charge is 0.387 e. The van der Waals surface area contributed by atoms with E-state index in [1.807, 2.05) is 19.2 Å². The minimum absolute atomic E-state index is 0.0757. The van der Waals surface area contributed by atoms with Gasteiger partial charge in [-0.25, -0.2) is 4.98 Å². The summed E-state index contributed by atoms with van der Waals surface area (Å²) in [7, 11) is 0. The molecule has 2 aliphatic rings. The lowest BCUT2D eigenvalue weighted by Gasteiger charge is -2.33. The van der Waals surface area contributed by atoms with E-state index in [0.29, 0.717) is 18.4 Å². The van der Waals surface area contributed by atoms with E-state index in [1.54, 1.807) is 12.1 Å². The number of anilines is 2. The topological polar surface area (TPSA) is 59.1 Å². The zero-order valence-electron chi connectivity index (χ0n) is 19.0. The summed E-state index contributed by atoms with van der Waals surface area (Å²) in [6, 6.07) is 9.76. The van der Waals surface area contributed by atoms with E-state index in [1.165, 1.54) is 0 Å². The molecule has 0 radical (unpaired) electrons. The summed E-state index contributed by atoms with van der Waals surface area (Å²) in [5.74, 6) is 1.43. The normalized spacial score (nSPS) is 17.9. The number of hydrogen-bond donors (Lipinski definition) is 1. The molecule has 0 atom stereocenters. The lowest BCUT2D eigenvalue weighted by atomic mass is 10.0. The van der Waals surface area contributed by atoms with Crippen molar-refractivity contribution >= 4 is 11.5 Å². The minimum Gasteiger partial charge on any atom is -0.490 e. The highest BCUT2D eigenvalue weighted by Gasteiger charge is 2.20. The van der Waals surface area contributed by atoms with Crippen LogP contribution in [0.15, 0.2) is 36.5 Å². The molecule has 1 N–H and O–H groups in total. The summed E-state index contributed by atoms with van der Waals surface area (Å²) in [5.41, 5.74) is 2.07. The molecule has 3 heterocycles. The molecule has 9 heteroatoms. The second-order valence-electron chi connectivity index (χ2n) is 8.29. The first-order chi connectivity index (χ1) is 16.1. The summed E-state index contributed by atoms with van der Waals surface area (Å²) in [6.45, 7) is 5.27. The molecule has 2 fully saturated rings. The van der Waals surface area contributed by atoms with Crippen molar-refractivity contribution < 1.29 is 23.0 Å². The molecule has 1 aromatic carbocycles. The van der Waals surface area contributed by atoms with Crippen molar-refractivity contribution in [3.8, 4) is 11.5 Å². The van der Waals surface area contributed by atoms with Crippen LogP contribution in [0.4, 0.5) is 20.3 Å². The van der Waals surface area contributed by atoms with Crippen LogP contribution in [0, 0.1) is 0 Å². The van der Waals surface area contributed by atoms with Crippen LogP contribution >= 0.6 is 0 Å². The van der Waals surface area contributed by atoms with E-state index in [-0.39, 0.29) is 5.75 Å². The molecule has 0 saturated carbocycles. The number of ether oxygens (including phenoxy) is 3. The largest absolute Gasteiger partial charge is 0.490 e. The van der Waals surface area contributed by atoms with Crippen molar-refractivity contribution in [2.75, 3.05) is 56.2 Å². The molecule has 0 amide bonds. The number of likely N-dealkylation sites (tertiary alicyclic amines) is 1. The van der Waals surface area contributed by atoms with Crippen molar-refractivity contribution in [2.24, 2.45) is 0 Å². The summed E-state index contributed by atoms with van der Waals surface area (Å²) in [5, 5.41) is 3.61. The number of halogens is 2. The Morgan fingerprint density at radius 3 is 2.55 bits per heavy atom. The molecule has 4 rings (SSSR count). The molecule has 2 aliphatic heterocycles. The number of benzene rings is 1. The number of nitrogens with zero attached hydrogens (tertiary/aromatic N) is 3. The quantitative estimate of drug-likeness (QED) is 0.605. The van der Waals surface area contributed by atoms with Gasteiger partial charge in [0, 0.05) is 38.8 Å². The predicted octanol–water partition coefficient (Wildman–Crippen LogP) is 3.99. The Hall–Kier alpha value is -2.65. The summed E-state index contributed by atoms with van der Waals surface area (Å²) in [6.07, 6.45) is 3.96. The van der Waals surface area contributed by atoms with Gasteiger partial charge in [0.25, 0.3) is 0 Å². The number of aromatic nitrogens is 1. The predicted molar refractivity (Wildman–Crippen MR) is 123 cm³/mol. The van der Waals surface area contributed by atoms with Gasteiger partial charge in [0.2, 0.25) is 0 Å². The first-order valence-corrected chi connectivity index (χ1v) is 11.6. The lowest BCUT2D eigenvalue weighted by Crippen LogP contribution is -2.38. The van der Waals surface area contributed by atoms with Gasteiger partial charge in [-0.3, -0.25) is 4.90 Å². The van der Waals surface area contributed by atoms with Crippen LogP contribution in [0.2, 0.25) is 0 Å². The maximum absolute atomic E-state index is 12.6.